The summed E-state index contributed by atoms with van der Waals surface area (Å²) in [7, 11) is -3.21. The van der Waals surface area contributed by atoms with Gasteiger partial charge in [-0.25, -0.2) is 8.42 Å². The third kappa shape index (κ3) is 5.30. The normalized spacial score (nSPS) is 17.6. The van der Waals surface area contributed by atoms with Crippen LogP contribution in [0.15, 0.2) is 88.9 Å². The van der Waals surface area contributed by atoms with Gasteiger partial charge in [0.1, 0.15) is 6.61 Å². The van der Waals surface area contributed by atoms with Crippen molar-refractivity contribution in [2.45, 2.75) is 24.3 Å². The lowest BCUT2D eigenvalue weighted by atomic mass is 9.79. The van der Waals surface area contributed by atoms with Crippen molar-refractivity contribution in [1.29, 1.82) is 0 Å². The quantitative estimate of drug-likeness (QED) is 0.388. The average molecular weight is 432 g/mol. The van der Waals surface area contributed by atoms with E-state index in [1.165, 1.54) is 23.0 Å². The first kappa shape index (κ1) is 21.1. The van der Waals surface area contributed by atoms with Gasteiger partial charge >= 0.3 is 0 Å². The van der Waals surface area contributed by atoms with Gasteiger partial charge in [0.15, 0.2) is 9.84 Å². The van der Waals surface area contributed by atoms with E-state index < -0.39 is 9.84 Å². The molecule has 3 aromatic carbocycles. The molecule has 0 amide bonds. The van der Waals surface area contributed by atoms with Crippen LogP contribution in [0.1, 0.15) is 28.7 Å². The number of aryl methyl sites for hydroxylation is 1. The van der Waals surface area contributed by atoms with Gasteiger partial charge in [0.05, 0.1) is 11.1 Å². The fourth-order valence-corrected chi connectivity index (χ4v) is 4.45. The molecule has 158 valence electrons. The Bertz CT molecular complexity index is 1200. The molecule has 31 heavy (non-hydrogen) atoms. The lowest BCUT2D eigenvalue weighted by molar-refractivity contribution is 0.131. The number of sulfone groups is 1. The van der Waals surface area contributed by atoms with Gasteiger partial charge in [-0.1, -0.05) is 78.0 Å². The molecule has 1 aliphatic rings. The Morgan fingerprint density at radius 1 is 0.968 bits per heavy atom. The number of hydrogen-bond acceptors (Lipinski definition) is 4. The third-order valence-corrected chi connectivity index (χ3v) is 6.60. The minimum atomic E-state index is -3.21. The molecule has 0 saturated carbocycles. The van der Waals surface area contributed by atoms with Gasteiger partial charge in [-0.15, -0.1) is 0 Å². The largest absolute Gasteiger partial charge is 0.391 e. The highest BCUT2D eigenvalue weighted by Gasteiger charge is 2.22. The van der Waals surface area contributed by atoms with Crippen molar-refractivity contribution in [3.63, 3.8) is 0 Å². The summed E-state index contributed by atoms with van der Waals surface area (Å²) < 4.78 is 23.5. The van der Waals surface area contributed by atoms with E-state index in [9.17, 15) is 8.42 Å². The third-order valence-electron chi connectivity index (χ3n) is 5.47. The zero-order chi connectivity index (χ0) is 21.7. The highest BCUT2D eigenvalue weighted by atomic mass is 32.2. The van der Waals surface area contributed by atoms with Gasteiger partial charge < -0.3 is 4.84 Å². The molecule has 4 nitrogen and oxygen atoms in total. The molecule has 0 fully saturated rings. The monoisotopic (exact) mass is 431 g/mol. The molecule has 0 spiro atoms. The van der Waals surface area contributed by atoms with Crippen molar-refractivity contribution >= 4 is 27.7 Å². The number of oxime groups is 1. The highest BCUT2D eigenvalue weighted by molar-refractivity contribution is 7.90. The van der Waals surface area contributed by atoms with Gasteiger partial charge in [0.25, 0.3) is 0 Å². The predicted octanol–water partition coefficient (Wildman–Crippen LogP) is 5.40. The Labute approximate surface area is 183 Å². The minimum absolute atomic E-state index is 0.125. The average Bonchev–Trinajstić information content (AvgIpc) is 2.78. The second-order valence-corrected chi connectivity index (χ2v) is 9.77. The Balaban J connectivity index is 1.59. The lowest BCUT2D eigenvalue weighted by Crippen LogP contribution is -2.14. The zero-order valence-electron chi connectivity index (χ0n) is 17.4. The van der Waals surface area contributed by atoms with Gasteiger partial charge in [0, 0.05) is 12.2 Å². The summed E-state index contributed by atoms with van der Waals surface area (Å²) in [4.78, 5) is 5.86. The number of nitrogens with zero attached hydrogens (tertiary/aromatic N) is 1. The Morgan fingerprint density at radius 3 is 2.42 bits per heavy atom. The molecule has 0 heterocycles. The summed E-state index contributed by atoms with van der Waals surface area (Å²) in [6.07, 6.45) is 7.16. The first-order valence-corrected chi connectivity index (χ1v) is 12.2. The fraction of sp³-hybridized carbons (Fsp3) is 0.192. The zero-order valence-corrected chi connectivity index (χ0v) is 18.3. The lowest BCUT2D eigenvalue weighted by Gasteiger charge is -2.25. The van der Waals surface area contributed by atoms with E-state index >= 15 is 0 Å². The van der Waals surface area contributed by atoms with Gasteiger partial charge in [-0.2, -0.15) is 0 Å². The molecule has 0 aromatic heterocycles. The van der Waals surface area contributed by atoms with Crippen molar-refractivity contribution in [3.8, 4) is 0 Å². The van der Waals surface area contributed by atoms with E-state index in [0.717, 1.165) is 24.0 Å². The van der Waals surface area contributed by atoms with Gasteiger partial charge in [0.2, 0.25) is 0 Å². The summed E-state index contributed by atoms with van der Waals surface area (Å²) in [6, 6.07) is 25.4. The number of fused-ring (bicyclic) bond motifs is 1. The topological polar surface area (TPSA) is 55.7 Å². The molecule has 1 aliphatic carbocycles. The van der Waals surface area contributed by atoms with E-state index in [2.05, 4.69) is 29.4 Å². The Hall–Kier alpha value is -3.18. The number of allylic oxidation sites excluding steroid dienone is 1. The maximum atomic E-state index is 11.8. The van der Waals surface area contributed by atoms with Crippen LogP contribution in [0.25, 0.3) is 11.6 Å². The molecule has 0 radical (unpaired) electrons. The van der Waals surface area contributed by atoms with E-state index in [1.54, 1.807) is 12.1 Å². The van der Waals surface area contributed by atoms with Crippen LogP contribution in [0.5, 0.6) is 0 Å². The van der Waals surface area contributed by atoms with Crippen molar-refractivity contribution in [2.75, 3.05) is 6.26 Å². The van der Waals surface area contributed by atoms with Crippen molar-refractivity contribution in [3.05, 3.63) is 101 Å². The summed E-state index contributed by atoms with van der Waals surface area (Å²) in [5.41, 5.74) is 5.73. The number of hydrogen-bond donors (Lipinski definition) is 0. The van der Waals surface area contributed by atoms with E-state index in [4.69, 9.17) is 4.84 Å². The van der Waals surface area contributed by atoms with Crippen LogP contribution in [0.2, 0.25) is 0 Å². The molecule has 5 heteroatoms. The van der Waals surface area contributed by atoms with Crippen LogP contribution < -0.4 is 0 Å². The Kier molecular flexibility index (Phi) is 6.33. The van der Waals surface area contributed by atoms with Crippen LogP contribution in [-0.4, -0.2) is 20.9 Å². The summed E-state index contributed by atoms with van der Waals surface area (Å²) in [6.45, 7) is 0.437. The molecule has 1 atom stereocenters. The van der Waals surface area contributed by atoms with Gasteiger partial charge in [-0.05, 0) is 52.8 Å². The van der Waals surface area contributed by atoms with Crippen molar-refractivity contribution in [1.82, 2.24) is 0 Å². The molecular weight excluding hydrogens is 406 g/mol. The van der Waals surface area contributed by atoms with E-state index in [1.807, 2.05) is 54.7 Å². The molecule has 3 aromatic rings. The summed E-state index contributed by atoms with van der Waals surface area (Å²) >= 11 is 0. The van der Waals surface area contributed by atoms with Crippen LogP contribution >= 0.6 is 0 Å². The molecule has 0 saturated heterocycles. The number of rotatable bonds is 6. The van der Waals surface area contributed by atoms with Crippen LogP contribution in [-0.2, 0) is 27.7 Å². The van der Waals surface area contributed by atoms with Gasteiger partial charge in [-0.3, -0.25) is 0 Å². The summed E-state index contributed by atoms with van der Waals surface area (Å²) in [5.74, 6) is 0.125. The highest BCUT2D eigenvalue weighted by Crippen LogP contribution is 2.36. The first-order valence-electron chi connectivity index (χ1n) is 10.3. The molecule has 4 rings (SSSR count). The SMILES string of the molecule is CS(=O)(=O)c1ccc(C=C2c3ccccc3CCC2C=NOCc2ccccc2)cc1. The predicted molar refractivity (Wildman–Crippen MR) is 125 cm³/mol. The maximum absolute atomic E-state index is 11.8. The van der Waals surface area contributed by atoms with Crippen LogP contribution in [0.4, 0.5) is 0 Å². The minimum Gasteiger partial charge on any atom is -0.391 e. The number of benzene rings is 3. The smallest absolute Gasteiger partial charge is 0.175 e. The van der Waals surface area contributed by atoms with Crippen LogP contribution in [0, 0.1) is 5.92 Å². The Morgan fingerprint density at radius 2 is 1.68 bits per heavy atom. The van der Waals surface area contributed by atoms with E-state index in [-0.39, 0.29) is 5.92 Å². The second kappa shape index (κ2) is 9.31. The fourth-order valence-electron chi connectivity index (χ4n) is 3.82. The standard InChI is InChI=1S/C26H25NO3S/c1-31(28,29)24-15-11-20(12-16-24)17-26-23(14-13-22-9-5-6-10-25(22)26)18-27-30-19-21-7-3-2-4-8-21/h2-12,15-18,23H,13-14,19H2,1H3. The van der Waals surface area contributed by atoms with Crippen molar-refractivity contribution in [2.24, 2.45) is 11.1 Å². The van der Waals surface area contributed by atoms with Crippen LogP contribution in [0.3, 0.4) is 0 Å². The molecule has 1 unspecified atom stereocenters. The molecule has 0 bridgehead atoms. The summed E-state index contributed by atoms with van der Waals surface area (Å²) in [5, 5.41) is 4.26. The first-order chi connectivity index (χ1) is 15.0. The molecule has 0 aliphatic heterocycles. The molecule has 0 N–H and O–H groups in total. The maximum Gasteiger partial charge on any atom is 0.175 e. The van der Waals surface area contributed by atoms with E-state index in [0.29, 0.717) is 11.5 Å². The second-order valence-electron chi connectivity index (χ2n) is 7.76. The molecular formula is C26H25NO3S. The van der Waals surface area contributed by atoms with Crippen molar-refractivity contribution < 1.29 is 13.3 Å².